The van der Waals surface area contributed by atoms with Gasteiger partial charge in [0.25, 0.3) is 0 Å². The fourth-order valence-electron chi connectivity index (χ4n) is 3.21. The van der Waals surface area contributed by atoms with Crippen LogP contribution in [0.3, 0.4) is 0 Å². The number of benzene rings is 1. The van der Waals surface area contributed by atoms with Gasteiger partial charge in [-0.15, -0.1) is 0 Å². The molecule has 188 valence electrons. The summed E-state index contributed by atoms with van der Waals surface area (Å²) in [6, 6.07) is 6.77. The molecule has 0 atom stereocenters. The Morgan fingerprint density at radius 2 is 1.71 bits per heavy atom. The van der Waals surface area contributed by atoms with Crippen LogP contribution in [0.4, 0.5) is 10.6 Å². The average molecular weight is 511 g/mol. The number of nitrogens with one attached hydrogen (secondary N) is 2. The number of carbonyl (C=O) groups is 2. The van der Waals surface area contributed by atoms with Crippen LogP contribution >= 0.6 is 23.2 Å². The fourth-order valence-corrected chi connectivity index (χ4v) is 3.50. The normalized spacial score (nSPS) is 11.9. The summed E-state index contributed by atoms with van der Waals surface area (Å²) in [6.45, 7) is 14.4. The topological polar surface area (TPSA) is 79.3 Å². The highest BCUT2D eigenvalue weighted by atomic mass is 35.5. The number of aromatic nitrogens is 2. The molecule has 0 aliphatic rings. The van der Waals surface area contributed by atoms with Crippen LogP contribution in [0.15, 0.2) is 24.3 Å². The van der Waals surface area contributed by atoms with Gasteiger partial charge < -0.3 is 15.5 Å². The van der Waals surface area contributed by atoms with Crippen molar-refractivity contribution in [2.24, 2.45) is 0 Å². The first-order valence-corrected chi connectivity index (χ1v) is 12.4. The summed E-state index contributed by atoms with van der Waals surface area (Å²) in [5, 5.41) is 11.4. The molecule has 0 unspecified atom stereocenters. The lowest BCUT2D eigenvalue weighted by molar-refractivity contribution is -0.116. The van der Waals surface area contributed by atoms with Gasteiger partial charge in [0, 0.05) is 23.6 Å². The van der Waals surface area contributed by atoms with Gasteiger partial charge in [0.15, 0.2) is 0 Å². The first kappa shape index (κ1) is 28.0. The van der Waals surface area contributed by atoms with Gasteiger partial charge in [-0.3, -0.25) is 4.79 Å². The molecule has 0 saturated carbocycles. The third-order valence-corrected chi connectivity index (χ3v) is 5.77. The molecule has 0 aliphatic carbocycles. The summed E-state index contributed by atoms with van der Waals surface area (Å²) in [7, 11) is 0. The van der Waals surface area contributed by atoms with Crippen molar-refractivity contribution >= 4 is 41.0 Å². The average Bonchev–Trinajstić information content (AvgIpc) is 3.12. The molecule has 3 amide bonds. The molecule has 0 fully saturated rings. The molecule has 0 aliphatic heterocycles. The molecule has 2 aromatic rings. The number of hydrogen-bond donors (Lipinski definition) is 2. The predicted octanol–water partition coefficient (Wildman–Crippen LogP) is 6.42. The molecular formula is C25H37Cl2N5O2. The zero-order chi connectivity index (χ0) is 25.7. The third kappa shape index (κ3) is 8.20. The zero-order valence-corrected chi connectivity index (χ0v) is 22.8. The smallest absolute Gasteiger partial charge is 0.318 e. The summed E-state index contributed by atoms with van der Waals surface area (Å²) in [6.07, 6.45) is 2.84. The highest BCUT2D eigenvalue weighted by molar-refractivity contribution is 6.42. The molecule has 9 heteroatoms. The van der Waals surface area contributed by atoms with Crippen LogP contribution in [-0.2, 0) is 10.2 Å². The van der Waals surface area contributed by atoms with Crippen LogP contribution in [-0.4, -0.2) is 45.2 Å². The van der Waals surface area contributed by atoms with Crippen LogP contribution in [0.5, 0.6) is 0 Å². The second-order valence-corrected chi connectivity index (χ2v) is 11.3. The highest BCUT2D eigenvalue weighted by Gasteiger charge is 2.24. The Balaban J connectivity index is 2.30. The quantitative estimate of drug-likeness (QED) is 0.403. The Kier molecular flexibility index (Phi) is 9.43. The Morgan fingerprint density at radius 1 is 1.03 bits per heavy atom. The largest absolute Gasteiger partial charge is 0.333 e. The molecule has 1 aromatic carbocycles. The summed E-state index contributed by atoms with van der Waals surface area (Å²) < 4.78 is 1.64. The number of nitrogens with zero attached hydrogens (tertiary/aromatic N) is 3. The number of halogens is 2. The highest BCUT2D eigenvalue weighted by Crippen LogP contribution is 2.29. The number of rotatable bonds is 8. The van der Waals surface area contributed by atoms with E-state index in [4.69, 9.17) is 28.3 Å². The Hall–Kier alpha value is -2.25. The van der Waals surface area contributed by atoms with Gasteiger partial charge in [-0.25, -0.2) is 9.48 Å². The van der Waals surface area contributed by atoms with Crippen LogP contribution < -0.4 is 10.6 Å². The van der Waals surface area contributed by atoms with Crippen molar-refractivity contribution in [1.29, 1.82) is 0 Å². The van der Waals surface area contributed by atoms with Crippen molar-refractivity contribution in [3.63, 3.8) is 0 Å². The Bertz CT molecular complexity index is 1010. The van der Waals surface area contributed by atoms with Crippen molar-refractivity contribution in [1.82, 2.24) is 20.0 Å². The fraction of sp³-hybridized carbons (Fsp3) is 0.560. The maximum Gasteiger partial charge on any atom is 0.318 e. The SMILES string of the molecule is CCCCCN(CC(=O)Nc1cc(C(C)(C)C)nn1-c1ccc(Cl)c(Cl)c1)C(=O)NC(C)(C)C. The number of amides is 3. The Labute approximate surface area is 213 Å². The van der Waals surface area contributed by atoms with Gasteiger partial charge in [0.05, 0.1) is 21.4 Å². The third-order valence-electron chi connectivity index (χ3n) is 5.03. The lowest BCUT2D eigenvalue weighted by atomic mass is 9.92. The van der Waals surface area contributed by atoms with Crippen molar-refractivity contribution in [2.75, 3.05) is 18.4 Å². The van der Waals surface area contributed by atoms with E-state index in [1.807, 2.05) is 47.6 Å². The minimum Gasteiger partial charge on any atom is -0.333 e. The van der Waals surface area contributed by atoms with Gasteiger partial charge in [-0.2, -0.15) is 5.10 Å². The molecule has 0 spiro atoms. The van der Waals surface area contributed by atoms with Crippen LogP contribution in [0.2, 0.25) is 10.0 Å². The van der Waals surface area contributed by atoms with E-state index in [9.17, 15) is 9.59 Å². The van der Waals surface area contributed by atoms with E-state index in [1.54, 1.807) is 27.8 Å². The molecule has 7 nitrogen and oxygen atoms in total. The standard InChI is InChI=1S/C25H37Cl2N5O2/c1-8-9-10-13-31(23(34)29-25(5,6)7)16-22(33)28-21-15-20(24(2,3)4)30-32(21)17-11-12-18(26)19(27)14-17/h11-12,14-15H,8-10,13,16H2,1-7H3,(H,28,33)(H,29,34). The number of unbranched alkanes of at least 4 members (excludes halogenated alkanes) is 2. The van der Waals surface area contributed by atoms with Crippen LogP contribution in [0, 0.1) is 0 Å². The first-order valence-electron chi connectivity index (χ1n) is 11.6. The molecule has 2 rings (SSSR count). The van der Waals surface area contributed by atoms with Gasteiger partial charge in [-0.05, 0) is 45.4 Å². The molecule has 1 aromatic heterocycles. The molecule has 0 saturated heterocycles. The molecule has 2 N–H and O–H groups in total. The minimum absolute atomic E-state index is 0.0664. The van der Waals surface area contributed by atoms with Crippen molar-refractivity contribution in [3.05, 3.63) is 40.0 Å². The second kappa shape index (κ2) is 11.5. The minimum atomic E-state index is -0.398. The van der Waals surface area contributed by atoms with Crippen molar-refractivity contribution < 1.29 is 9.59 Å². The molecule has 34 heavy (non-hydrogen) atoms. The Morgan fingerprint density at radius 3 is 2.26 bits per heavy atom. The summed E-state index contributed by atoms with van der Waals surface area (Å²) in [4.78, 5) is 27.4. The van der Waals surface area contributed by atoms with Gasteiger partial charge in [0.1, 0.15) is 12.4 Å². The van der Waals surface area contributed by atoms with Crippen molar-refractivity contribution in [2.45, 2.75) is 78.7 Å². The first-order chi connectivity index (χ1) is 15.7. The number of carbonyl (C=O) groups excluding carboxylic acids is 2. The van der Waals surface area contributed by atoms with Crippen LogP contribution in [0.1, 0.15) is 73.4 Å². The van der Waals surface area contributed by atoms with Gasteiger partial charge in [-0.1, -0.05) is 63.7 Å². The van der Waals surface area contributed by atoms with E-state index < -0.39 is 5.54 Å². The number of urea groups is 1. The predicted molar refractivity (Wildman–Crippen MR) is 140 cm³/mol. The number of hydrogen-bond acceptors (Lipinski definition) is 3. The monoisotopic (exact) mass is 509 g/mol. The second-order valence-electron chi connectivity index (χ2n) is 10.5. The maximum absolute atomic E-state index is 13.1. The van der Waals surface area contributed by atoms with E-state index in [1.165, 1.54) is 0 Å². The van der Waals surface area contributed by atoms with E-state index in [0.29, 0.717) is 28.1 Å². The molecular weight excluding hydrogens is 473 g/mol. The molecule has 0 radical (unpaired) electrons. The lowest BCUT2D eigenvalue weighted by Crippen LogP contribution is -2.50. The van der Waals surface area contributed by atoms with Crippen molar-refractivity contribution in [3.8, 4) is 5.69 Å². The molecule has 0 bridgehead atoms. The summed E-state index contributed by atoms with van der Waals surface area (Å²) in [5.74, 6) is 0.195. The maximum atomic E-state index is 13.1. The van der Waals surface area contributed by atoms with Gasteiger partial charge >= 0.3 is 6.03 Å². The van der Waals surface area contributed by atoms with E-state index >= 15 is 0 Å². The van der Waals surface area contributed by atoms with E-state index in [-0.39, 0.29) is 23.9 Å². The summed E-state index contributed by atoms with van der Waals surface area (Å²) >= 11 is 12.3. The zero-order valence-electron chi connectivity index (χ0n) is 21.3. The lowest BCUT2D eigenvalue weighted by Gasteiger charge is -2.28. The van der Waals surface area contributed by atoms with E-state index in [2.05, 4.69) is 17.6 Å². The van der Waals surface area contributed by atoms with Gasteiger partial charge in [0.2, 0.25) is 5.91 Å². The number of anilines is 1. The summed E-state index contributed by atoms with van der Waals surface area (Å²) in [5.41, 5.74) is 0.842. The molecule has 1 heterocycles. The van der Waals surface area contributed by atoms with Crippen LogP contribution in [0.25, 0.3) is 5.69 Å². The van der Waals surface area contributed by atoms with E-state index in [0.717, 1.165) is 25.0 Å².